The van der Waals surface area contributed by atoms with Crippen LogP contribution in [0.5, 0.6) is 0 Å². The number of nitrogens with one attached hydrogen (secondary N) is 3. The summed E-state index contributed by atoms with van der Waals surface area (Å²) in [5.74, 6) is -0.0925. The molecule has 1 aliphatic rings. The largest absolute Gasteiger partial charge is 0.345 e. The van der Waals surface area contributed by atoms with Crippen molar-refractivity contribution in [2.75, 3.05) is 27.2 Å². The predicted octanol–water partition coefficient (Wildman–Crippen LogP) is 1.19. The minimum atomic E-state index is -0.201. The second-order valence-electron chi connectivity index (χ2n) is 5.82. The van der Waals surface area contributed by atoms with Gasteiger partial charge in [-0.05, 0) is 44.0 Å². The monoisotopic (exact) mass is 308 g/mol. The van der Waals surface area contributed by atoms with Crippen molar-refractivity contribution in [2.24, 2.45) is 0 Å². The molecule has 0 saturated carbocycles. The fourth-order valence-electron chi connectivity index (χ4n) is 2.74. The molecule has 3 N–H and O–H groups in total. The van der Waals surface area contributed by atoms with Gasteiger partial charge in [0.25, 0.3) is 0 Å². The molecular formula is C16H25FN4O. The van der Waals surface area contributed by atoms with Crippen molar-refractivity contribution in [3.8, 4) is 0 Å². The molecule has 0 radical (unpaired) electrons. The van der Waals surface area contributed by atoms with Gasteiger partial charge in [0.15, 0.2) is 0 Å². The third kappa shape index (κ3) is 4.76. The van der Waals surface area contributed by atoms with Crippen molar-refractivity contribution in [1.29, 1.82) is 0 Å². The van der Waals surface area contributed by atoms with Gasteiger partial charge in [0, 0.05) is 25.7 Å². The number of halogens is 1. The maximum Gasteiger partial charge on any atom is 0.236 e. The lowest BCUT2D eigenvalue weighted by Gasteiger charge is -2.18. The van der Waals surface area contributed by atoms with E-state index in [1.807, 2.05) is 13.1 Å². The fraction of sp³-hybridized carbons (Fsp3) is 0.562. The molecule has 1 aromatic carbocycles. The number of benzene rings is 1. The number of rotatable bonds is 7. The summed E-state index contributed by atoms with van der Waals surface area (Å²) in [5, 5.41) is 2.86. The van der Waals surface area contributed by atoms with E-state index in [0.717, 1.165) is 31.4 Å². The Hall–Kier alpha value is -1.50. The van der Waals surface area contributed by atoms with Gasteiger partial charge in [-0.25, -0.2) is 4.39 Å². The van der Waals surface area contributed by atoms with E-state index >= 15 is 0 Å². The Morgan fingerprint density at radius 2 is 2.27 bits per heavy atom. The number of carbonyl (C=O) groups excluding carboxylic acids is 1. The van der Waals surface area contributed by atoms with Crippen LogP contribution in [0.1, 0.15) is 30.9 Å². The van der Waals surface area contributed by atoms with E-state index in [1.165, 1.54) is 6.07 Å². The van der Waals surface area contributed by atoms with Crippen LogP contribution in [-0.2, 0) is 4.79 Å². The van der Waals surface area contributed by atoms with Crippen molar-refractivity contribution in [2.45, 2.75) is 31.3 Å². The van der Waals surface area contributed by atoms with Gasteiger partial charge in [-0.15, -0.1) is 0 Å². The molecule has 0 aromatic heterocycles. The summed E-state index contributed by atoms with van der Waals surface area (Å²) in [5.41, 5.74) is 7.46. The van der Waals surface area contributed by atoms with E-state index in [9.17, 15) is 9.18 Å². The molecule has 1 saturated heterocycles. The molecule has 1 aromatic rings. The molecule has 6 heteroatoms. The summed E-state index contributed by atoms with van der Waals surface area (Å²) < 4.78 is 13.3. The smallest absolute Gasteiger partial charge is 0.236 e. The highest BCUT2D eigenvalue weighted by Gasteiger charge is 2.24. The first-order valence-electron chi connectivity index (χ1n) is 7.75. The Labute approximate surface area is 131 Å². The van der Waals surface area contributed by atoms with Crippen LogP contribution in [-0.4, -0.2) is 44.0 Å². The number of nitrogens with zero attached hydrogens (tertiary/aromatic N) is 1. The van der Waals surface area contributed by atoms with Gasteiger partial charge in [0.05, 0.1) is 6.54 Å². The highest BCUT2D eigenvalue weighted by atomic mass is 19.1. The zero-order valence-corrected chi connectivity index (χ0v) is 13.2. The number of likely N-dealkylation sites (N-methyl/N-ethyl adjacent to an activating group) is 2. The fourth-order valence-corrected chi connectivity index (χ4v) is 2.74. The number of hydrogen-bond acceptors (Lipinski definition) is 4. The summed E-state index contributed by atoms with van der Waals surface area (Å²) in [4.78, 5) is 13.4. The van der Waals surface area contributed by atoms with Crippen LogP contribution >= 0.6 is 0 Å². The van der Waals surface area contributed by atoms with Crippen molar-refractivity contribution in [1.82, 2.24) is 21.1 Å². The van der Waals surface area contributed by atoms with E-state index < -0.39 is 0 Å². The van der Waals surface area contributed by atoms with E-state index in [4.69, 9.17) is 0 Å². The third-order valence-corrected chi connectivity index (χ3v) is 4.03. The summed E-state index contributed by atoms with van der Waals surface area (Å²) in [6.45, 7) is 1.13. The lowest BCUT2D eigenvalue weighted by Crippen LogP contribution is -2.36. The maximum absolute atomic E-state index is 13.3. The first-order valence-corrected chi connectivity index (χ1v) is 7.75. The molecule has 1 aliphatic heterocycles. The topological polar surface area (TPSA) is 56.4 Å². The van der Waals surface area contributed by atoms with Crippen LogP contribution in [0, 0.1) is 5.82 Å². The molecule has 1 heterocycles. The average molecular weight is 308 g/mol. The Balaban J connectivity index is 1.72. The van der Waals surface area contributed by atoms with Gasteiger partial charge in [-0.1, -0.05) is 12.1 Å². The zero-order valence-electron chi connectivity index (χ0n) is 13.2. The van der Waals surface area contributed by atoms with Crippen molar-refractivity contribution >= 4 is 5.91 Å². The second kappa shape index (κ2) is 8.22. The molecule has 0 spiro atoms. The number of carbonyl (C=O) groups is 1. The Morgan fingerprint density at radius 1 is 1.45 bits per heavy atom. The van der Waals surface area contributed by atoms with E-state index in [0.29, 0.717) is 12.6 Å². The van der Waals surface area contributed by atoms with Crippen molar-refractivity contribution in [3.63, 3.8) is 0 Å². The molecule has 2 atom stereocenters. The van der Waals surface area contributed by atoms with Gasteiger partial charge in [-0.3, -0.25) is 15.6 Å². The molecule has 0 bridgehead atoms. The van der Waals surface area contributed by atoms with Gasteiger partial charge < -0.3 is 10.2 Å². The Kier molecular flexibility index (Phi) is 6.30. The standard InChI is InChI=1S/C16H25FN4O/c1-18-11-16(22)21(2)8-4-7-14-10-15(20-19-14)12-5-3-6-13(17)9-12/h3,5-6,9,14-15,18-20H,4,7-8,10-11H2,1-2H3. The van der Waals surface area contributed by atoms with Crippen LogP contribution in [0.4, 0.5) is 4.39 Å². The minimum Gasteiger partial charge on any atom is -0.345 e. The first kappa shape index (κ1) is 16.9. The number of hydrogen-bond donors (Lipinski definition) is 3. The zero-order chi connectivity index (χ0) is 15.9. The quantitative estimate of drug-likeness (QED) is 0.708. The second-order valence-corrected chi connectivity index (χ2v) is 5.82. The normalized spacial score (nSPS) is 21.0. The molecule has 5 nitrogen and oxygen atoms in total. The van der Waals surface area contributed by atoms with Gasteiger partial charge in [0.2, 0.25) is 5.91 Å². The van der Waals surface area contributed by atoms with Crippen LogP contribution < -0.4 is 16.2 Å². The van der Waals surface area contributed by atoms with Crippen LogP contribution in [0.3, 0.4) is 0 Å². The molecular weight excluding hydrogens is 283 g/mol. The first-order chi connectivity index (χ1) is 10.6. The number of amides is 1. The van der Waals surface area contributed by atoms with Crippen LogP contribution in [0.25, 0.3) is 0 Å². The van der Waals surface area contributed by atoms with E-state index in [-0.39, 0.29) is 17.8 Å². The van der Waals surface area contributed by atoms with Crippen LogP contribution in [0.15, 0.2) is 24.3 Å². The lowest BCUT2D eigenvalue weighted by molar-refractivity contribution is -0.128. The molecule has 2 unspecified atom stereocenters. The number of hydrazine groups is 1. The lowest BCUT2D eigenvalue weighted by atomic mass is 9.99. The summed E-state index contributed by atoms with van der Waals surface area (Å²) in [7, 11) is 3.60. The van der Waals surface area contributed by atoms with Crippen molar-refractivity contribution < 1.29 is 9.18 Å². The predicted molar refractivity (Wildman–Crippen MR) is 84.6 cm³/mol. The van der Waals surface area contributed by atoms with Gasteiger partial charge in [-0.2, -0.15) is 0 Å². The minimum absolute atomic E-state index is 0.109. The maximum atomic E-state index is 13.3. The van der Waals surface area contributed by atoms with Crippen LogP contribution in [0.2, 0.25) is 0 Å². The molecule has 122 valence electrons. The third-order valence-electron chi connectivity index (χ3n) is 4.03. The van der Waals surface area contributed by atoms with E-state index in [1.54, 1.807) is 24.1 Å². The van der Waals surface area contributed by atoms with Gasteiger partial charge >= 0.3 is 0 Å². The molecule has 1 fully saturated rings. The Bertz CT molecular complexity index is 497. The molecule has 0 aliphatic carbocycles. The summed E-state index contributed by atoms with van der Waals surface area (Å²) in [6.07, 6.45) is 2.86. The molecule has 1 amide bonds. The highest BCUT2D eigenvalue weighted by molar-refractivity contribution is 5.77. The van der Waals surface area contributed by atoms with E-state index in [2.05, 4.69) is 16.2 Å². The average Bonchev–Trinajstić information content (AvgIpc) is 2.96. The Morgan fingerprint density at radius 3 is 3.00 bits per heavy atom. The highest BCUT2D eigenvalue weighted by Crippen LogP contribution is 2.24. The van der Waals surface area contributed by atoms with Gasteiger partial charge in [0.1, 0.15) is 5.82 Å². The summed E-state index contributed by atoms with van der Waals surface area (Å²) >= 11 is 0. The SMILES string of the molecule is CNCC(=O)N(C)CCCC1CC(c2cccc(F)c2)NN1. The van der Waals surface area contributed by atoms with Crippen molar-refractivity contribution in [3.05, 3.63) is 35.6 Å². The summed E-state index contributed by atoms with van der Waals surface area (Å²) in [6, 6.07) is 7.20. The molecule has 22 heavy (non-hydrogen) atoms. The molecule has 2 rings (SSSR count).